The summed E-state index contributed by atoms with van der Waals surface area (Å²) in [6.45, 7) is 6.28. The van der Waals surface area contributed by atoms with Crippen LogP contribution in [0.5, 0.6) is 5.75 Å². The molecule has 1 atom stereocenters. The molecule has 0 aromatic carbocycles. The summed E-state index contributed by atoms with van der Waals surface area (Å²) in [5.41, 5.74) is 5.42. The summed E-state index contributed by atoms with van der Waals surface area (Å²) in [5.74, 6) is 0.747. The summed E-state index contributed by atoms with van der Waals surface area (Å²) in [7, 11) is 0. The summed E-state index contributed by atoms with van der Waals surface area (Å²) in [6, 6.07) is 1.28. The second kappa shape index (κ2) is 6.61. The number of halogens is 3. The van der Waals surface area contributed by atoms with E-state index in [0.29, 0.717) is 11.7 Å². The van der Waals surface area contributed by atoms with Crippen molar-refractivity contribution in [3.8, 4) is 5.75 Å². The van der Waals surface area contributed by atoms with E-state index in [1.807, 2.05) is 6.92 Å². The van der Waals surface area contributed by atoms with E-state index >= 15 is 0 Å². The van der Waals surface area contributed by atoms with Gasteiger partial charge in [-0.3, -0.25) is 0 Å². The summed E-state index contributed by atoms with van der Waals surface area (Å²) in [5, 5.41) is 0. The maximum absolute atomic E-state index is 12.7. The fourth-order valence-electron chi connectivity index (χ4n) is 1.92. The lowest BCUT2D eigenvalue weighted by Crippen LogP contribution is -2.43. The van der Waals surface area contributed by atoms with Crippen molar-refractivity contribution in [1.82, 2.24) is 4.98 Å². The van der Waals surface area contributed by atoms with Gasteiger partial charge in [-0.1, -0.05) is 13.8 Å². The molecule has 1 aromatic rings. The number of aromatic nitrogens is 1. The van der Waals surface area contributed by atoms with Crippen LogP contribution in [0, 0.1) is 5.92 Å². The van der Waals surface area contributed by atoms with Crippen molar-refractivity contribution in [1.29, 1.82) is 0 Å². The van der Waals surface area contributed by atoms with Crippen molar-refractivity contribution >= 4 is 15.9 Å². The van der Waals surface area contributed by atoms with E-state index in [-0.39, 0.29) is 16.8 Å². The highest BCUT2D eigenvalue weighted by molar-refractivity contribution is 9.10. The number of ether oxygens (including phenoxy) is 1. The van der Waals surface area contributed by atoms with Gasteiger partial charge in [-0.25, -0.2) is 13.8 Å². The van der Waals surface area contributed by atoms with Crippen LogP contribution in [-0.2, 0) is 0 Å². The standard InChI is InChI=1S/C13H19BrF2N2O/c1-8(2)5-13(3,17)7-19-9-4-10(12(15)16)11(14)18-6-9/h4,6,8,12H,5,7,17H2,1-3H3/t13-/m0/s1. The minimum Gasteiger partial charge on any atom is -0.490 e. The van der Waals surface area contributed by atoms with Crippen LogP contribution >= 0.6 is 15.9 Å². The van der Waals surface area contributed by atoms with Gasteiger partial charge in [0.2, 0.25) is 0 Å². The molecule has 1 rings (SSSR count). The predicted molar refractivity (Wildman–Crippen MR) is 74.4 cm³/mol. The molecule has 19 heavy (non-hydrogen) atoms. The van der Waals surface area contributed by atoms with Crippen LogP contribution in [0.15, 0.2) is 16.9 Å². The van der Waals surface area contributed by atoms with E-state index in [4.69, 9.17) is 10.5 Å². The molecule has 0 aliphatic rings. The molecule has 2 N–H and O–H groups in total. The van der Waals surface area contributed by atoms with Crippen LogP contribution < -0.4 is 10.5 Å². The Labute approximate surface area is 120 Å². The van der Waals surface area contributed by atoms with Crippen LogP contribution in [-0.4, -0.2) is 17.1 Å². The van der Waals surface area contributed by atoms with Gasteiger partial charge in [-0.05, 0) is 41.3 Å². The largest absolute Gasteiger partial charge is 0.490 e. The number of nitrogens with zero attached hydrogens (tertiary/aromatic N) is 1. The number of hydrogen-bond donors (Lipinski definition) is 1. The highest BCUT2D eigenvalue weighted by Crippen LogP contribution is 2.29. The number of pyridine rings is 1. The lowest BCUT2D eigenvalue weighted by atomic mass is 9.93. The predicted octanol–water partition coefficient (Wildman–Crippen LogP) is 3.92. The molecule has 0 spiro atoms. The first-order valence-corrected chi connectivity index (χ1v) is 6.86. The molecular formula is C13H19BrF2N2O. The molecule has 0 aliphatic heterocycles. The minimum atomic E-state index is -2.59. The molecule has 3 nitrogen and oxygen atoms in total. The first-order valence-electron chi connectivity index (χ1n) is 6.06. The quantitative estimate of drug-likeness (QED) is 0.801. The fourth-order valence-corrected chi connectivity index (χ4v) is 2.31. The van der Waals surface area contributed by atoms with Gasteiger partial charge < -0.3 is 10.5 Å². The van der Waals surface area contributed by atoms with Gasteiger partial charge in [-0.2, -0.15) is 0 Å². The van der Waals surface area contributed by atoms with E-state index in [9.17, 15) is 8.78 Å². The third-order valence-corrected chi connectivity index (χ3v) is 3.18. The minimum absolute atomic E-state index is 0.132. The van der Waals surface area contributed by atoms with Gasteiger partial charge in [0, 0.05) is 5.54 Å². The van der Waals surface area contributed by atoms with Gasteiger partial charge in [0.05, 0.1) is 11.8 Å². The van der Waals surface area contributed by atoms with Crippen LogP contribution in [0.4, 0.5) is 8.78 Å². The Kier molecular flexibility index (Phi) is 5.67. The summed E-state index contributed by atoms with van der Waals surface area (Å²) < 4.78 is 31.0. The third kappa shape index (κ3) is 5.40. The molecule has 6 heteroatoms. The molecule has 108 valence electrons. The van der Waals surface area contributed by atoms with Crippen LogP contribution in [0.25, 0.3) is 0 Å². The van der Waals surface area contributed by atoms with E-state index in [1.165, 1.54) is 12.3 Å². The van der Waals surface area contributed by atoms with Crippen molar-refractivity contribution in [2.45, 2.75) is 39.2 Å². The molecule has 0 radical (unpaired) electrons. The molecule has 0 saturated heterocycles. The third-order valence-electron chi connectivity index (χ3n) is 2.52. The van der Waals surface area contributed by atoms with Gasteiger partial charge in [0.25, 0.3) is 6.43 Å². The average molecular weight is 337 g/mol. The van der Waals surface area contributed by atoms with Crippen LogP contribution in [0.3, 0.4) is 0 Å². The number of hydrogen-bond acceptors (Lipinski definition) is 3. The van der Waals surface area contributed by atoms with Gasteiger partial charge >= 0.3 is 0 Å². The molecular weight excluding hydrogens is 318 g/mol. The second-order valence-electron chi connectivity index (χ2n) is 5.39. The van der Waals surface area contributed by atoms with Crippen molar-refractivity contribution in [2.75, 3.05) is 6.61 Å². The SMILES string of the molecule is CC(C)C[C@](C)(N)COc1cnc(Br)c(C(F)F)c1. The normalized spacial score (nSPS) is 14.8. The Morgan fingerprint density at radius 1 is 1.47 bits per heavy atom. The zero-order valence-electron chi connectivity index (χ0n) is 11.3. The summed E-state index contributed by atoms with van der Waals surface area (Å²) >= 11 is 2.98. The molecule has 0 bridgehead atoms. The Bertz CT molecular complexity index is 425. The molecule has 1 heterocycles. The maximum atomic E-state index is 12.7. The lowest BCUT2D eigenvalue weighted by molar-refractivity contribution is 0.148. The molecule has 0 saturated carbocycles. The molecule has 0 amide bonds. The Morgan fingerprint density at radius 2 is 2.11 bits per heavy atom. The first kappa shape index (κ1) is 16.3. The Hall–Kier alpha value is -0.750. The number of alkyl halides is 2. The summed E-state index contributed by atoms with van der Waals surface area (Å²) in [4.78, 5) is 3.83. The molecule has 1 aromatic heterocycles. The Morgan fingerprint density at radius 3 is 2.63 bits per heavy atom. The number of rotatable bonds is 6. The molecule has 0 unspecified atom stereocenters. The average Bonchev–Trinajstić information content (AvgIpc) is 2.26. The molecule has 0 fully saturated rings. The molecule has 0 aliphatic carbocycles. The highest BCUT2D eigenvalue weighted by atomic mass is 79.9. The van der Waals surface area contributed by atoms with Crippen molar-refractivity contribution in [3.63, 3.8) is 0 Å². The number of nitrogens with two attached hydrogens (primary N) is 1. The monoisotopic (exact) mass is 336 g/mol. The van der Waals surface area contributed by atoms with Gasteiger partial charge in [-0.15, -0.1) is 0 Å². The second-order valence-corrected chi connectivity index (χ2v) is 6.14. The van der Waals surface area contributed by atoms with E-state index in [1.54, 1.807) is 0 Å². The maximum Gasteiger partial charge on any atom is 0.266 e. The van der Waals surface area contributed by atoms with E-state index in [2.05, 4.69) is 34.8 Å². The van der Waals surface area contributed by atoms with E-state index in [0.717, 1.165) is 6.42 Å². The smallest absolute Gasteiger partial charge is 0.266 e. The topological polar surface area (TPSA) is 48.1 Å². The van der Waals surface area contributed by atoms with Crippen LogP contribution in [0.2, 0.25) is 0 Å². The van der Waals surface area contributed by atoms with Crippen molar-refractivity contribution in [3.05, 3.63) is 22.4 Å². The van der Waals surface area contributed by atoms with E-state index < -0.39 is 12.0 Å². The highest BCUT2D eigenvalue weighted by Gasteiger charge is 2.21. The van der Waals surface area contributed by atoms with Crippen molar-refractivity contribution in [2.24, 2.45) is 11.7 Å². The van der Waals surface area contributed by atoms with Crippen LogP contribution in [0.1, 0.15) is 39.2 Å². The van der Waals surface area contributed by atoms with Crippen molar-refractivity contribution < 1.29 is 13.5 Å². The zero-order valence-corrected chi connectivity index (χ0v) is 12.9. The summed E-state index contributed by atoms with van der Waals surface area (Å²) in [6.07, 6.45) is -0.398. The lowest BCUT2D eigenvalue weighted by Gasteiger charge is -2.26. The first-order chi connectivity index (χ1) is 8.71. The zero-order chi connectivity index (χ0) is 14.6. The fraction of sp³-hybridized carbons (Fsp3) is 0.615. The Balaban J connectivity index is 2.70. The van der Waals surface area contributed by atoms with Gasteiger partial charge in [0.1, 0.15) is 17.0 Å². The van der Waals surface area contributed by atoms with Gasteiger partial charge in [0.15, 0.2) is 0 Å².